The van der Waals surface area contributed by atoms with Crippen LogP contribution in [0.3, 0.4) is 0 Å². The van der Waals surface area contributed by atoms with Gasteiger partial charge in [-0.15, -0.1) is 0 Å². The third-order valence-corrected chi connectivity index (χ3v) is 6.97. The van der Waals surface area contributed by atoms with E-state index in [1.165, 1.54) is 0 Å². The van der Waals surface area contributed by atoms with E-state index in [9.17, 15) is 0 Å². The SMILES string of the molecule is c1ccc(NP23(NN=C(c4ccccc4)O2)NN=C(c2ccccc2)O3)cc1. The first-order valence-electron chi connectivity index (χ1n) is 8.82. The van der Waals surface area contributed by atoms with Gasteiger partial charge in [0.15, 0.2) is 0 Å². The summed E-state index contributed by atoms with van der Waals surface area (Å²) in [4.78, 5) is 0. The van der Waals surface area contributed by atoms with Crippen LogP contribution in [0.25, 0.3) is 0 Å². The van der Waals surface area contributed by atoms with Crippen LogP contribution in [0.15, 0.2) is 101 Å². The molecule has 5 rings (SSSR count). The number of hydrogen-bond acceptors (Lipinski definition) is 7. The van der Waals surface area contributed by atoms with Crippen LogP contribution in [0.2, 0.25) is 0 Å². The van der Waals surface area contributed by atoms with Crippen molar-refractivity contribution < 1.29 is 9.05 Å². The summed E-state index contributed by atoms with van der Waals surface area (Å²) < 4.78 is 12.7. The molecule has 0 radical (unpaired) electrons. The van der Waals surface area contributed by atoms with Gasteiger partial charge in [-0.05, 0) is 0 Å². The van der Waals surface area contributed by atoms with Gasteiger partial charge in [-0.1, -0.05) is 0 Å². The Morgan fingerprint density at radius 1 is 0.607 bits per heavy atom. The molecule has 2 aliphatic rings. The van der Waals surface area contributed by atoms with Gasteiger partial charge in [-0.3, -0.25) is 0 Å². The molecular formula is C20H18N5O2P. The predicted octanol–water partition coefficient (Wildman–Crippen LogP) is 4.19. The number of para-hydroxylation sites is 1. The van der Waals surface area contributed by atoms with Crippen LogP contribution in [-0.2, 0) is 9.05 Å². The van der Waals surface area contributed by atoms with Gasteiger partial charge in [-0.25, -0.2) is 0 Å². The molecule has 3 N–H and O–H groups in total. The number of hydrogen-bond donors (Lipinski definition) is 3. The molecule has 0 atom stereocenters. The Kier molecular flexibility index (Phi) is 3.70. The topological polar surface area (TPSA) is 79.3 Å². The van der Waals surface area contributed by atoms with Crippen LogP contribution < -0.4 is 15.5 Å². The first kappa shape index (κ1) is 16.6. The van der Waals surface area contributed by atoms with Gasteiger partial charge in [0.2, 0.25) is 0 Å². The van der Waals surface area contributed by atoms with Gasteiger partial charge in [0.25, 0.3) is 0 Å². The van der Waals surface area contributed by atoms with E-state index >= 15 is 0 Å². The summed E-state index contributed by atoms with van der Waals surface area (Å²) in [6.45, 7) is 0. The maximum atomic E-state index is 6.35. The van der Waals surface area contributed by atoms with Gasteiger partial charge < -0.3 is 0 Å². The molecule has 1 spiro atoms. The summed E-state index contributed by atoms with van der Waals surface area (Å²) in [5.74, 6) is 0.859. The Morgan fingerprint density at radius 2 is 1.04 bits per heavy atom. The van der Waals surface area contributed by atoms with Crippen LogP contribution in [-0.4, -0.2) is 11.8 Å². The van der Waals surface area contributed by atoms with Gasteiger partial charge >= 0.3 is 162 Å². The average Bonchev–Trinajstić information content (AvgIpc) is 3.32. The molecule has 0 amide bonds. The molecule has 7 nitrogen and oxygen atoms in total. The van der Waals surface area contributed by atoms with Gasteiger partial charge in [0.05, 0.1) is 0 Å². The van der Waals surface area contributed by atoms with Crippen molar-refractivity contribution in [1.29, 1.82) is 0 Å². The Balaban J connectivity index is 1.51. The van der Waals surface area contributed by atoms with Crippen LogP contribution in [0, 0.1) is 0 Å². The van der Waals surface area contributed by atoms with E-state index < -0.39 is 7.51 Å². The standard InChI is InChI=1S/C20H18N5O2P/c1-4-10-16(11-5-1)19-21-24-28(26-19,23-18-14-8-3-9-15-18)25-22-20(27-28)17-12-6-2-7-13-17/h1-15,23-25H. The Hall–Kier alpha value is -3.57. The van der Waals surface area contributed by atoms with Crippen LogP contribution in [0.5, 0.6) is 0 Å². The fraction of sp³-hybridized carbons (Fsp3) is 0. The van der Waals surface area contributed by atoms with E-state index in [0.717, 1.165) is 16.8 Å². The second-order valence-corrected chi connectivity index (χ2v) is 9.29. The summed E-state index contributed by atoms with van der Waals surface area (Å²) >= 11 is 0. The molecule has 3 aromatic rings. The molecule has 3 aromatic carbocycles. The monoisotopic (exact) mass is 391 g/mol. The molecule has 140 valence electrons. The Labute approximate surface area is 162 Å². The number of benzene rings is 3. The van der Waals surface area contributed by atoms with E-state index in [1.807, 2.05) is 91.0 Å². The molecule has 0 saturated carbocycles. The fourth-order valence-electron chi connectivity index (χ4n) is 3.00. The third-order valence-electron chi connectivity index (χ3n) is 4.34. The first-order valence-corrected chi connectivity index (χ1v) is 10.9. The minimum absolute atomic E-state index is 0.429. The number of rotatable bonds is 4. The molecule has 0 bridgehead atoms. The summed E-state index contributed by atoms with van der Waals surface area (Å²) in [5.41, 5.74) is 2.49. The van der Waals surface area contributed by atoms with Crippen LogP contribution >= 0.6 is 7.51 Å². The average molecular weight is 391 g/mol. The summed E-state index contributed by atoms with van der Waals surface area (Å²) in [5, 5.41) is 18.4. The number of nitrogens with one attached hydrogen (secondary N) is 3. The summed E-state index contributed by atoms with van der Waals surface area (Å²) in [6, 6.07) is 29.0. The number of anilines is 1. The van der Waals surface area contributed by atoms with E-state index in [2.05, 4.69) is 25.7 Å². The van der Waals surface area contributed by atoms with E-state index in [1.54, 1.807) is 0 Å². The molecule has 0 unspecified atom stereocenters. The predicted molar refractivity (Wildman–Crippen MR) is 111 cm³/mol. The van der Waals surface area contributed by atoms with Crippen molar-refractivity contribution in [2.75, 3.05) is 5.09 Å². The van der Waals surface area contributed by atoms with Crippen molar-refractivity contribution in [3.05, 3.63) is 102 Å². The van der Waals surface area contributed by atoms with Crippen molar-refractivity contribution in [2.45, 2.75) is 0 Å². The van der Waals surface area contributed by atoms with Gasteiger partial charge in [-0.2, -0.15) is 0 Å². The van der Waals surface area contributed by atoms with Crippen molar-refractivity contribution in [3.8, 4) is 0 Å². The number of nitrogens with zero attached hydrogens (tertiary/aromatic N) is 2. The molecule has 8 heteroatoms. The molecule has 0 saturated heterocycles. The minimum atomic E-state index is -3.91. The molecule has 2 heterocycles. The maximum absolute atomic E-state index is 6.35. The van der Waals surface area contributed by atoms with E-state index in [4.69, 9.17) is 9.05 Å². The normalized spacial score (nSPS) is 19.6. The third kappa shape index (κ3) is 2.82. The molecular weight excluding hydrogens is 373 g/mol. The fourth-order valence-corrected chi connectivity index (χ4v) is 5.56. The second kappa shape index (κ2) is 6.25. The van der Waals surface area contributed by atoms with Gasteiger partial charge in [0.1, 0.15) is 0 Å². The summed E-state index contributed by atoms with van der Waals surface area (Å²) in [6.07, 6.45) is 0. The number of hydrazone groups is 2. The van der Waals surface area contributed by atoms with Crippen molar-refractivity contribution in [3.63, 3.8) is 0 Å². The zero-order valence-corrected chi connectivity index (χ0v) is 15.7. The molecule has 2 aliphatic heterocycles. The quantitative estimate of drug-likeness (QED) is 0.581. The molecule has 28 heavy (non-hydrogen) atoms. The Morgan fingerprint density at radius 3 is 1.50 bits per heavy atom. The molecule has 0 aliphatic carbocycles. The van der Waals surface area contributed by atoms with E-state index in [0.29, 0.717) is 11.8 Å². The van der Waals surface area contributed by atoms with Crippen LogP contribution in [0.4, 0.5) is 5.69 Å². The molecule has 0 aromatic heterocycles. The van der Waals surface area contributed by atoms with Crippen molar-refractivity contribution in [1.82, 2.24) is 10.4 Å². The van der Waals surface area contributed by atoms with Crippen LogP contribution in [0.1, 0.15) is 11.1 Å². The Bertz CT molecular complexity index is 992. The zero-order valence-electron chi connectivity index (χ0n) is 14.8. The van der Waals surface area contributed by atoms with Crippen molar-refractivity contribution >= 4 is 25.0 Å². The molecule has 0 fully saturated rings. The zero-order chi connectivity index (χ0) is 18.9. The van der Waals surface area contributed by atoms with E-state index in [-0.39, 0.29) is 0 Å². The van der Waals surface area contributed by atoms with Crippen molar-refractivity contribution in [2.24, 2.45) is 10.2 Å². The summed E-state index contributed by atoms with van der Waals surface area (Å²) in [7, 11) is -3.91. The first-order chi connectivity index (χ1) is 13.7. The van der Waals surface area contributed by atoms with Gasteiger partial charge in [0, 0.05) is 0 Å². The second-order valence-electron chi connectivity index (χ2n) is 6.38.